The number of benzene rings is 1. The number of carbonyl (C=O) groups is 1. The van der Waals surface area contributed by atoms with Crippen LogP contribution in [0.2, 0.25) is 0 Å². The Morgan fingerprint density at radius 3 is 2.83 bits per heavy atom. The third kappa shape index (κ3) is 5.26. The first-order valence-electron chi connectivity index (χ1n) is 7.01. The summed E-state index contributed by atoms with van der Waals surface area (Å²) in [6, 6.07) is 2.42. The molecule has 0 fully saturated rings. The zero-order valence-corrected chi connectivity index (χ0v) is 13.3. The summed E-state index contributed by atoms with van der Waals surface area (Å²) >= 11 is 1.54. The summed E-state index contributed by atoms with van der Waals surface area (Å²) in [5.74, 6) is -1.57. The van der Waals surface area contributed by atoms with Gasteiger partial charge in [0.25, 0.3) is 0 Å². The molecule has 0 saturated heterocycles. The van der Waals surface area contributed by atoms with Gasteiger partial charge in [0.2, 0.25) is 0 Å². The number of aliphatic hydroxyl groups excluding tert-OH is 1. The van der Waals surface area contributed by atoms with Gasteiger partial charge in [-0.1, -0.05) is 6.07 Å². The van der Waals surface area contributed by atoms with Gasteiger partial charge in [0.05, 0.1) is 16.8 Å². The smallest absolute Gasteiger partial charge is 0.314 e. The van der Waals surface area contributed by atoms with Crippen LogP contribution in [0.25, 0.3) is 0 Å². The lowest BCUT2D eigenvalue weighted by Crippen LogP contribution is -2.38. The molecule has 23 heavy (non-hydrogen) atoms. The molecule has 0 radical (unpaired) electrons. The largest absolute Gasteiger partial charge is 0.386 e. The molecule has 3 N–H and O–H groups in total. The van der Waals surface area contributed by atoms with Crippen molar-refractivity contribution in [2.45, 2.75) is 19.4 Å². The van der Waals surface area contributed by atoms with Gasteiger partial charge in [-0.2, -0.15) is 0 Å². The normalized spacial score (nSPS) is 12.0. The van der Waals surface area contributed by atoms with Crippen molar-refractivity contribution >= 4 is 17.4 Å². The fourth-order valence-corrected chi connectivity index (χ4v) is 2.61. The molecule has 0 aliphatic heterocycles. The van der Waals surface area contributed by atoms with E-state index < -0.39 is 23.8 Å². The van der Waals surface area contributed by atoms with E-state index in [4.69, 9.17) is 0 Å². The summed E-state index contributed by atoms with van der Waals surface area (Å²) in [5, 5.41) is 17.8. The van der Waals surface area contributed by atoms with E-state index in [1.165, 1.54) is 0 Å². The van der Waals surface area contributed by atoms with E-state index in [1.807, 2.05) is 12.3 Å². The van der Waals surface area contributed by atoms with Crippen molar-refractivity contribution in [1.29, 1.82) is 0 Å². The summed E-state index contributed by atoms with van der Waals surface area (Å²) in [6.45, 7) is 2.13. The molecule has 2 rings (SSSR count). The van der Waals surface area contributed by atoms with Crippen molar-refractivity contribution in [3.05, 3.63) is 51.5 Å². The van der Waals surface area contributed by atoms with Crippen LogP contribution >= 0.6 is 11.3 Å². The summed E-state index contributed by atoms with van der Waals surface area (Å²) in [4.78, 5) is 15.9. The lowest BCUT2D eigenvalue weighted by atomic mass is 10.1. The molecule has 1 aromatic heterocycles. The van der Waals surface area contributed by atoms with Crippen molar-refractivity contribution in [3.63, 3.8) is 0 Å². The topological polar surface area (TPSA) is 74.2 Å². The summed E-state index contributed by atoms with van der Waals surface area (Å²) in [5.41, 5.74) is 0.839. The molecule has 0 bridgehead atoms. The van der Waals surface area contributed by atoms with Crippen molar-refractivity contribution in [1.82, 2.24) is 15.6 Å². The Morgan fingerprint density at radius 1 is 1.39 bits per heavy atom. The molecule has 0 unspecified atom stereocenters. The van der Waals surface area contributed by atoms with E-state index >= 15 is 0 Å². The predicted octanol–water partition coefficient (Wildman–Crippen LogP) is 2.31. The number of rotatable bonds is 6. The van der Waals surface area contributed by atoms with Gasteiger partial charge in [-0.15, -0.1) is 11.3 Å². The highest BCUT2D eigenvalue weighted by Gasteiger charge is 2.14. The highest BCUT2D eigenvalue weighted by atomic mass is 32.1. The van der Waals surface area contributed by atoms with Crippen LogP contribution in [-0.2, 0) is 6.42 Å². The number of urea groups is 1. The molecule has 1 atom stereocenters. The van der Waals surface area contributed by atoms with Gasteiger partial charge in [-0.3, -0.25) is 0 Å². The van der Waals surface area contributed by atoms with E-state index in [-0.39, 0.29) is 12.1 Å². The second-order valence-corrected chi connectivity index (χ2v) is 5.99. The number of hydrogen-bond acceptors (Lipinski definition) is 4. The predicted molar refractivity (Wildman–Crippen MR) is 83.3 cm³/mol. The average Bonchev–Trinajstić information content (AvgIpc) is 2.90. The van der Waals surface area contributed by atoms with E-state index in [1.54, 1.807) is 11.3 Å². The number of aliphatic hydroxyl groups is 1. The molecular weight excluding hydrogens is 324 g/mol. The van der Waals surface area contributed by atoms with Crippen LogP contribution in [0, 0.1) is 18.6 Å². The second-order valence-electron chi connectivity index (χ2n) is 4.93. The SMILES string of the molecule is Cc1nc(CCNC(=O)NC[C@@H](O)c2ccc(F)cc2F)cs1. The Bertz CT molecular complexity index is 678. The number of aryl methyl sites for hydroxylation is 1. The highest BCUT2D eigenvalue weighted by Crippen LogP contribution is 2.17. The number of hydrogen-bond donors (Lipinski definition) is 3. The average molecular weight is 341 g/mol. The van der Waals surface area contributed by atoms with E-state index in [9.17, 15) is 18.7 Å². The minimum absolute atomic E-state index is 0.0651. The number of thiazole rings is 1. The Labute approximate surface area is 136 Å². The number of halogens is 2. The third-order valence-corrected chi connectivity index (χ3v) is 3.93. The molecule has 8 heteroatoms. The Hall–Kier alpha value is -2.06. The van der Waals surface area contributed by atoms with Crippen LogP contribution in [0.1, 0.15) is 22.4 Å². The Kier molecular flexibility index (Phi) is 6.00. The molecule has 0 spiro atoms. The molecule has 0 aliphatic rings. The van der Waals surface area contributed by atoms with Gasteiger partial charge < -0.3 is 15.7 Å². The quantitative estimate of drug-likeness (QED) is 0.755. The lowest BCUT2D eigenvalue weighted by Gasteiger charge is -2.13. The zero-order valence-electron chi connectivity index (χ0n) is 12.5. The standard InChI is InChI=1S/C15H17F2N3O2S/c1-9-20-11(8-23-9)4-5-18-15(22)19-7-14(21)12-3-2-10(16)6-13(12)17/h2-3,6,8,14,21H,4-5,7H2,1H3,(H2,18,19,22)/t14-/m1/s1. The molecule has 5 nitrogen and oxygen atoms in total. The number of amides is 2. The second kappa shape index (κ2) is 7.98. The van der Waals surface area contributed by atoms with Gasteiger partial charge in [0, 0.05) is 36.5 Å². The third-order valence-electron chi connectivity index (χ3n) is 3.11. The maximum Gasteiger partial charge on any atom is 0.314 e. The maximum absolute atomic E-state index is 13.5. The number of aromatic nitrogens is 1. The van der Waals surface area contributed by atoms with Crippen molar-refractivity contribution < 1.29 is 18.7 Å². The molecule has 2 aromatic rings. The van der Waals surface area contributed by atoms with E-state index in [0.29, 0.717) is 19.0 Å². The molecule has 1 heterocycles. The molecular formula is C15H17F2N3O2S. The number of carbonyl (C=O) groups excluding carboxylic acids is 1. The fourth-order valence-electron chi connectivity index (χ4n) is 1.96. The zero-order chi connectivity index (χ0) is 16.8. The van der Waals surface area contributed by atoms with Crippen molar-refractivity contribution in [2.24, 2.45) is 0 Å². The number of nitrogens with one attached hydrogen (secondary N) is 2. The van der Waals surface area contributed by atoms with E-state index in [2.05, 4.69) is 15.6 Å². The minimum atomic E-state index is -1.25. The van der Waals surface area contributed by atoms with Crippen molar-refractivity contribution in [2.75, 3.05) is 13.1 Å². The van der Waals surface area contributed by atoms with Gasteiger partial charge in [-0.25, -0.2) is 18.6 Å². The summed E-state index contributed by atoms with van der Waals surface area (Å²) in [6.07, 6.45) is -0.644. The van der Waals surface area contributed by atoms with Crippen LogP contribution in [0.4, 0.5) is 13.6 Å². The summed E-state index contributed by atoms with van der Waals surface area (Å²) in [7, 11) is 0. The van der Waals surface area contributed by atoms with Crippen molar-refractivity contribution in [3.8, 4) is 0 Å². The monoisotopic (exact) mass is 341 g/mol. The van der Waals surface area contributed by atoms with Crippen LogP contribution in [0.15, 0.2) is 23.6 Å². The fraction of sp³-hybridized carbons (Fsp3) is 0.333. The first-order chi connectivity index (χ1) is 11.0. The molecule has 2 amide bonds. The Morgan fingerprint density at radius 2 is 2.17 bits per heavy atom. The molecule has 0 saturated carbocycles. The first kappa shape index (κ1) is 17.3. The Balaban J connectivity index is 1.73. The van der Waals surface area contributed by atoms with Crippen LogP contribution < -0.4 is 10.6 Å². The molecule has 1 aromatic carbocycles. The number of nitrogens with zero attached hydrogens (tertiary/aromatic N) is 1. The van der Waals surface area contributed by atoms with Crippen LogP contribution in [0.5, 0.6) is 0 Å². The van der Waals surface area contributed by atoms with Gasteiger partial charge in [-0.05, 0) is 13.0 Å². The lowest BCUT2D eigenvalue weighted by molar-refractivity contribution is 0.168. The van der Waals surface area contributed by atoms with Crippen LogP contribution in [-0.4, -0.2) is 29.2 Å². The maximum atomic E-state index is 13.5. The van der Waals surface area contributed by atoms with Gasteiger partial charge in [0.1, 0.15) is 11.6 Å². The van der Waals surface area contributed by atoms with Crippen LogP contribution in [0.3, 0.4) is 0 Å². The molecule has 0 aliphatic carbocycles. The van der Waals surface area contributed by atoms with Gasteiger partial charge in [0.15, 0.2) is 0 Å². The molecule has 124 valence electrons. The van der Waals surface area contributed by atoms with E-state index in [0.717, 1.165) is 22.8 Å². The first-order valence-corrected chi connectivity index (χ1v) is 7.89. The minimum Gasteiger partial charge on any atom is -0.386 e. The summed E-state index contributed by atoms with van der Waals surface area (Å²) < 4.78 is 26.3. The highest BCUT2D eigenvalue weighted by molar-refractivity contribution is 7.09. The van der Waals surface area contributed by atoms with Gasteiger partial charge >= 0.3 is 6.03 Å².